The van der Waals surface area contributed by atoms with Gasteiger partial charge < -0.3 is 9.64 Å². The minimum atomic E-state index is -4.93. The maximum Gasteiger partial charge on any atom is 0.404 e. The highest BCUT2D eigenvalue weighted by Gasteiger charge is 2.36. The summed E-state index contributed by atoms with van der Waals surface area (Å²) in [7, 11) is -4.79. The maximum atomic E-state index is 13.0. The summed E-state index contributed by atoms with van der Waals surface area (Å²) >= 11 is 0.819. The predicted molar refractivity (Wildman–Crippen MR) is 144 cm³/mol. The van der Waals surface area contributed by atoms with E-state index in [1.54, 1.807) is 26.0 Å². The Morgan fingerprint density at radius 1 is 1.21 bits per heavy atom. The third-order valence-corrected chi connectivity index (χ3v) is 8.24. The van der Waals surface area contributed by atoms with Crippen LogP contribution in [0.25, 0.3) is 0 Å². The van der Waals surface area contributed by atoms with Crippen LogP contribution in [0, 0.1) is 0 Å². The van der Waals surface area contributed by atoms with Gasteiger partial charge in [-0.1, -0.05) is 32.1 Å². The molecule has 1 N–H and O–H groups in total. The molecule has 0 fully saturated rings. The predicted octanol–water partition coefficient (Wildman–Crippen LogP) is 6.54. The molecule has 3 rings (SSSR count). The number of hydrogen-bond donors (Lipinski definition) is 1. The number of hydrogen-bond acceptors (Lipinski definition) is 10. The molecule has 39 heavy (non-hydrogen) atoms. The highest BCUT2D eigenvalue weighted by atomic mass is 32.2. The van der Waals surface area contributed by atoms with Gasteiger partial charge in [-0.25, -0.2) is 13.2 Å². The molecule has 0 saturated heterocycles. The number of carbonyl (C=O) groups is 1. The normalized spacial score (nSPS) is 16.3. The lowest BCUT2D eigenvalue weighted by molar-refractivity contribution is -0.106. The van der Waals surface area contributed by atoms with Crippen LogP contribution < -0.4 is 9.62 Å². The summed E-state index contributed by atoms with van der Waals surface area (Å²) in [6.45, 7) is 9.58. The van der Waals surface area contributed by atoms with E-state index in [-0.39, 0.29) is 39.7 Å². The van der Waals surface area contributed by atoms with Gasteiger partial charge in [0.1, 0.15) is 5.69 Å². The van der Waals surface area contributed by atoms with Gasteiger partial charge in [0.25, 0.3) is 5.13 Å². The number of benzene rings is 1. The number of rotatable bonds is 11. The average Bonchev–Trinajstić information content (AvgIpc) is 3.30. The van der Waals surface area contributed by atoms with Gasteiger partial charge in [-0.3, -0.25) is 4.72 Å². The van der Waals surface area contributed by atoms with Gasteiger partial charge in [-0.15, -0.1) is 20.4 Å². The molecule has 1 aromatic carbocycles. The summed E-state index contributed by atoms with van der Waals surface area (Å²) in [6.07, 6.45) is -1.17. The van der Waals surface area contributed by atoms with Crippen LogP contribution in [-0.4, -0.2) is 54.7 Å². The number of esters is 1. The fourth-order valence-electron chi connectivity index (χ4n) is 4.58. The van der Waals surface area contributed by atoms with E-state index in [0.29, 0.717) is 6.42 Å². The fourth-order valence-corrected chi connectivity index (χ4v) is 6.13. The van der Waals surface area contributed by atoms with Gasteiger partial charge in [0.2, 0.25) is 15.0 Å². The van der Waals surface area contributed by atoms with E-state index in [2.05, 4.69) is 50.8 Å². The maximum absolute atomic E-state index is 13.0. The SMILES string of the molecule is CCC(CC)N1c2cc(NS(=O)(=O)CC(F)(F)F)c(N=Nc3nnc(C(=O)OC(C)C)s3)cc2CCC1CC. The fraction of sp³-hybridized carbons (Fsp3) is 0.625. The van der Waals surface area contributed by atoms with Gasteiger partial charge in [-0.05, 0) is 63.6 Å². The number of ether oxygens (including phenoxy) is 1. The van der Waals surface area contributed by atoms with E-state index in [0.717, 1.165) is 48.3 Å². The van der Waals surface area contributed by atoms with Crippen LogP contribution in [0.15, 0.2) is 22.4 Å². The topological polar surface area (TPSA) is 126 Å². The summed E-state index contributed by atoms with van der Waals surface area (Å²) in [6, 6.07) is 3.57. The molecule has 10 nitrogen and oxygen atoms in total. The molecule has 15 heteroatoms. The Morgan fingerprint density at radius 3 is 2.49 bits per heavy atom. The number of azo groups is 1. The van der Waals surface area contributed by atoms with E-state index < -0.39 is 27.9 Å². The minimum absolute atomic E-state index is 0.00257. The van der Waals surface area contributed by atoms with Crippen molar-refractivity contribution in [2.45, 2.75) is 91.1 Å². The number of sulfonamides is 1. The van der Waals surface area contributed by atoms with Crippen LogP contribution in [0.2, 0.25) is 0 Å². The monoisotopic (exact) mass is 590 g/mol. The molecule has 0 aliphatic carbocycles. The number of fused-ring (bicyclic) bond motifs is 1. The number of carbonyl (C=O) groups excluding carboxylic acids is 1. The molecule has 1 aromatic heterocycles. The summed E-state index contributed by atoms with van der Waals surface area (Å²) < 4.78 is 71.0. The molecule has 2 aromatic rings. The second-order valence-electron chi connectivity index (χ2n) is 9.50. The van der Waals surface area contributed by atoms with Gasteiger partial charge in [0, 0.05) is 17.8 Å². The van der Waals surface area contributed by atoms with Crippen molar-refractivity contribution in [2.24, 2.45) is 10.2 Å². The minimum Gasteiger partial charge on any atom is -0.458 e. The number of nitrogens with one attached hydrogen (secondary N) is 1. The lowest BCUT2D eigenvalue weighted by Crippen LogP contribution is -2.45. The third kappa shape index (κ3) is 8.10. The first-order valence-corrected chi connectivity index (χ1v) is 15.2. The Balaban J connectivity index is 2.06. The van der Waals surface area contributed by atoms with Crippen LogP contribution >= 0.6 is 11.3 Å². The van der Waals surface area contributed by atoms with E-state index in [4.69, 9.17) is 4.74 Å². The van der Waals surface area contributed by atoms with E-state index >= 15 is 0 Å². The first-order chi connectivity index (χ1) is 18.3. The number of nitrogens with zero attached hydrogens (tertiary/aromatic N) is 5. The van der Waals surface area contributed by atoms with Crippen LogP contribution in [-0.2, 0) is 21.2 Å². The van der Waals surface area contributed by atoms with Crippen LogP contribution in [0.4, 0.5) is 35.4 Å². The molecule has 1 aliphatic rings. The van der Waals surface area contributed by atoms with Crippen molar-refractivity contribution in [1.82, 2.24) is 10.2 Å². The van der Waals surface area contributed by atoms with Crippen LogP contribution in [0.5, 0.6) is 0 Å². The van der Waals surface area contributed by atoms with Gasteiger partial charge in [0.05, 0.1) is 11.8 Å². The molecule has 0 saturated carbocycles. The lowest BCUT2D eigenvalue weighted by Gasteiger charge is -2.44. The van der Waals surface area contributed by atoms with E-state index in [1.807, 2.05) is 0 Å². The smallest absolute Gasteiger partial charge is 0.404 e. The second-order valence-corrected chi connectivity index (χ2v) is 12.2. The number of alkyl halides is 3. The molecule has 0 amide bonds. The largest absolute Gasteiger partial charge is 0.458 e. The highest BCUT2D eigenvalue weighted by molar-refractivity contribution is 7.92. The zero-order chi connectivity index (χ0) is 29.0. The molecule has 0 spiro atoms. The molecule has 0 bridgehead atoms. The van der Waals surface area contributed by atoms with Crippen molar-refractivity contribution in [2.75, 3.05) is 15.4 Å². The van der Waals surface area contributed by atoms with Crippen LogP contribution in [0.1, 0.15) is 75.7 Å². The number of aryl methyl sites for hydroxylation is 1. The molecule has 216 valence electrons. The number of anilines is 2. The third-order valence-electron chi connectivity index (χ3n) is 6.22. The number of halogens is 3. The zero-order valence-corrected chi connectivity index (χ0v) is 24.1. The molecule has 1 aliphatic heterocycles. The molecule has 1 unspecified atom stereocenters. The Labute approximate surface area is 230 Å². The highest BCUT2D eigenvalue weighted by Crippen LogP contribution is 2.42. The molecule has 2 heterocycles. The summed E-state index contributed by atoms with van der Waals surface area (Å²) in [5.41, 5.74) is 1.55. The second kappa shape index (κ2) is 12.6. The van der Waals surface area contributed by atoms with Crippen molar-refractivity contribution in [3.8, 4) is 0 Å². The van der Waals surface area contributed by atoms with Crippen molar-refractivity contribution >= 4 is 49.5 Å². The Hall–Kier alpha value is -2.81. The van der Waals surface area contributed by atoms with Crippen LogP contribution in [0.3, 0.4) is 0 Å². The number of aromatic nitrogens is 2. The van der Waals surface area contributed by atoms with Crippen molar-refractivity contribution in [3.05, 3.63) is 22.7 Å². The summed E-state index contributed by atoms with van der Waals surface area (Å²) in [5, 5.41) is 15.6. The Kier molecular flexibility index (Phi) is 9.91. The first kappa shape index (κ1) is 30.7. The summed E-state index contributed by atoms with van der Waals surface area (Å²) in [5.74, 6) is -2.72. The van der Waals surface area contributed by atoms with Crippen molar-refractivity contribution in [3.63, 3.8) is 0 Å². The molecular formula is C24H33F3N6O4S2. The summed E-state index contributed by atoms with van der Waals surface area (Å²) in [4.78, 5) is 14.3. The van der Waals surface area contributed by atoms with E-state index in [1.165, 1.54) is 0 Å². The molecular weight excluding hydrogens is 557 g/mol. The Morgan fingerprint density at radius 2 is 1.90 bits per heavy atom. The molecule has 1 atom stereocenters. The quantitative estimate of drug-likeness (QED) is 0.232. The lowest BCUT2D eigenvalue weighted by atomic mass is 9.90. The van der Waals surface area contributed by atoms with Gasteiger partial charge >= 0.3 is 12.1 Å². The average molecular weight is 591 g/mol. The standard InChI is InChI=1S/C24H33F3N6O4S2/c1-6-16(7-2)33-17(8-3)10-9-15-11-18(19(12-20(15)33)32-39(35,36)13-24(25,26)27)28-30-23-31-29-21(38-23)22(34)37-14(4)5/h11-12,14,16-17,32H,6-10,13H2,1-5H3. The van der Waals surface area contributed by atoms with Crippen molar-refractivity contribution in [1.29, 1.82) is 0 Å². The molecule has 0 radical (unpaired) electrons. The van der Waals surface area contributed by atoms with Crippen molar-refractivity contribution < 1.29 is 31.1 Å². The van der Waals surface area contributed by atoms with E-state index in [9.17, 15) is 26.4 Å². The first-order valence-electron chi connectivity index (χ1n) is 12.8. The zero-order valence-electron chi connectivity index (χ0n) is 22.4. The Bertz CT molecular complexity index is 1290. The van der Waals surface area contributed by atoms with Gasteiger partial charge in [-0.2, -0.15) is 13.2 Å². The van der Waals surface area contributed by atoms with Gasteiger partial charge in [0.15, 0.2) is 5.75 Å².